The van der Waals surface area contributed by atoms with Gasteiger partial charge in [-0.1, -0.05) is 24.3 Å². The van der Waals surface area contributed by atoms with Crippen LogP contribution in [0, 0.1) is 22.7 Å². The number of hydrogen-bond acceptors (Lipinski definition) is 7. The quantitative estimate of drug-likeness (QED) is 0.515. The second-order valence-electron chi connectivity index (χ2n) is 6.32. The number of rotatable bonds is 8. The summed E-state index contributed by atoms with van der Waals surface area (Å²) in [6.45, 7) is -0.0781. The first kappa shape index (κ1) is 21.0. The van der Waals surface area contributed by atoms with Crippen LogP contribution in [0.5, 0.6) is 0 Å². The number of nitrogens with zero attached hydrogens (tertiary/aromatic N) is 4. The fraction of sp³-hybridized carbons (Fsp3) is 0.227. The van der Waals surface area contributed by atoms with E-state index in [4.69, 9.17) is 15.3 Å². The zero-order valence-corrected chi connectivity index (χ0v) is 16.9. The summed E-state index contributed by atoms with van der Waals surface area (Å²) in [5, 5.41) is 20.1. The van der Waals surface area contributed by atoms with Crippen molar-refractivity contribution in [3.63, 3.8) is 0 Å². The Bertz CT molecular complexity index is 1110. The van der Waals surface area contributed by atoms with E-state index in [9.17, 15) is 9.59 Å². The fourth-order valence-electron chi connectivity index (χ4n) is 2.92. The minimum atomic E-state index is -0.625. The second kappa shape index (κ2) is 10.1. The number of thiophene rings is 1. The van der Waals surface area contributed by atoms with Crippen molar-refractivity contribution >= 4 is 34.1 Å². The molecule has 0 spiro atoms. The number of fused-ring (bicyclic) bond motifs is 1. The molecule has 0 aliphatic carbocycles. The number of para-hydroxylation sites is 1. The summed E-state index contributed by atoms with van der Waals surface area (Å²) in [4.78, 5) is 32.1. The number of nitriles is 2. The van der Waals surface area contributed by atoms with Crippen molar-refractivity contribution in [2.75, 3.05) is 19.7 Å². The lowest BCUT2D eigenvalue weighted by atomic mass is 10.1. The van der Waals surface area contributed by atoms with E-state index in [2.05, 4.69) is 4.98 Å². The molecule has 3 rings (SSSR count). The molecule has 0 fully saturated rings. The van der Waals surface area contributed by atoms with Gasteiger partial charge in [-0.15, -0.1) is 11.3 Å². The van der Waals surface area contributed by atoms with E-state index >= 15 is 0 Å². The number of esters is 1. The Hall–Kier alpha value is -3.75. The molecule has 0 bridgehead atoms. The highest BCUT2D eigenvalue weighted by molar-refractivity contribution is 7.13. The molecule has 3 aromatic rings. The Morgan fingerprint density at radius 3 is 2.47 bits per heavy atom. The molecule has 1 amide bonds. The molecule has 7 nitrogen and oxygen atoms in total. The molecule has 8 heteroatoms. The largest absolute Gasteiger partial charge is 0.452 e. The minimum absolute atomic E-state index is 0.143. The Balaban J connectivity index is 1.80. The highest BCUT2D eigenvalue weighted by atomic mass is 32.1. The first-order valence-corrected chi connectivity index (χ1v) is 10.1. The van der Waals surface area contributed by atoms with Crippen molar-refractivity contribution in [3.05, 3.63) is 53.4 Å². The van der Waals surface area contributed by atoms with Gasteiger partial charge in [-0.2, -0.15) is 10.5 Å². The summed E-state index contributed by atoms with van der Waals surface area (Å²) >= 11 is 1.51. The molecule has 0 saturated carbocycles. The van der Waals surface area contributed by atoms with Crippen LogP contribution in [0.1, 0.15) is 23.2 Å². The van der Waals surface area contributed by atoms with Gasteiger partial charge in [0, 0.05) is 18.5 Å². The molecule has 0 aliphatic rings. The molecule has 1 aromatic carbocycles. The maximum Gasteiger partial charge on any atom is 0.339 e. The normalized spacial score (nSPS) is 10.2. The third kappa shape index (κ3) is 4.99. The van der Waals surface area contributed by atoms with Crippen molar-refractivity contribution in [3.8, 4) is 22.7 Å². The van der Waals surface area contributed by atoms with Gasteiger partial charge in [0.1, 0.15) is 0 Å². The van der Waals surface area contributed by atoms with Crippen LogP contribution in [-0.2, 0) is 9.53 Å². The van der Waals surface area contributed by atoms with Crippen LogP contribution in [0.3, 0.4) is 0 Å². The standard InChI is InChI=1S/C22H18N4O3S/c23-9-4-11-26(12-5-10-24)21(27)15-29-22(28)17-14-19(20-8-3-13-30-20)25-18-7-2-1-6-16(17)18/h1-3,6-8,13-14H,4-5,11-12,15H2. The van der Waals surface area contributed by atoms with Crippen LogP contribution in [0.15, 0.2) is 47.8 Å². The average molecular weight is 418 g/mol. The van der Waals surface area contributed by atoms with E-state index in [0.29, 0.717) is 22.2 Å². The molecule has 0 saturated heterocycles. The third-order valence-electron chi connectivity index (χ3n) is 4.38. The molecule has 0 radical (unpaired) electrons. The molecular weight excluding hydrogens is 400 g/mol. The van der Waals surface area contributed by atoms with Crippen LogP contribution in [-0.4, -0.2) is 41.5 Å². The van der Waals surface area contributed by atoms with Crippen molar-refractivity contribution < 1.29 is 14.3 Å². The van der Waals surface area contributed by atoms with Gasteiger partial charge >= 0.3 is 5.97 Å². The first-order chi connectivity index (χ1) is 14.6. The number of carbonyl (C=O) groups excluding carboxylic acids is 2. The van der Waals surface area contributed by atoms with Crippen molar-refractivity contribution in [2.24, 2.45) is 0 Å². The molecule has 2 aromatic heterocycles. The summed E-state index contributed by atoms with van der Waals surface area (Å²) < 4.78 is 5.29. The Morgan fingerprint density at radius 1 is 1.07 bits per heavy atom. The lowest BCUT2D eigenvalue weighted by molar-refractivity contribution is -0.134. The number of benzene rings is 1. The minimum Gasteiger partial charge on any atom is -0.452 e. The maximum atomic E-state index is 12.8. The van der Waals surface area contributed by atoms with Crippen molar-refractivity contribution in [1.82, 2.24) is 9.88 Å². The monoisotopic (exact) mass is 418 g/mol. The molecule has 2 heterocycles. The number of pyridine rings is 1. The van der Waals surface area contributed by atoms with Gasteiger partial charge in [-0.05, 0) is 23.6 Å². The van der Waals surface area contributed by atoms with E-state index in [-0.39, 0.29) is 25.9 Å². The van der Waals surface area contributed by atoms with E-state index in [1.807, 2.05) is 47.9 Å². The van der Waals surface area contributed by atoms with Crippen LogP contribution in [0.2, 0.25) is 0 Å². The highest BCUT2D eigenvalue weighted by Crippen LogP contribution is 2.28. The predicted octanol–water partition coefficient (Wildman–Crippen LogP) is 3.78. The number of carbonyl (C=O) groups is 2. The Morgan fingerprint density at radius 2 is 1.80 bits per heavy atom. The molecule has 0 atom stereocenters. The van der Waals surface area contributed by atoms with Crippen LogP contribution in [0.4, 0.5) is 0 Å². The van der Waals surface area contributed by atoms with Crippen LogP contribution in [0.25, 0.3) is 21.5 Å². The van der Waals surface area contributed by atoms with E-state index in [1.54, 1.807) is 12.1 Å². The summed E-state index contributed by atoms with van der Waals surface area (Å²) in [6.07, 6.45) is 0.286. The van der Waals surface area contributed by atoms with Gasteiger partial charge in [-0.25, -0.2) is 9.78 Å². The molecule has 0 unspecified atom stereocenters. The van der Waals surface area contributed by atoms with E-state index in [1.165, 1.54) is 16.2 Å². The fourth-order valence-corrected chi connectivity index (χ4v) is 3.61. The third-order valence-corrected chi connectivity index (χ3v) is 5.27. The highest BCUT2D eigenvalue weighted by Gasteiger charge is 2.19. The van der Waals surface area contributed by atoms with Crippen molar-refractivity contribution in [1.29, 1.82) is 10.5 Å². The van der Waals surface area contributed by atoms with E-state index < -0.39 is 18.5 Å². The number of aromatic nitrogens is 1. The SMILES string of the molecule is N#CCCN(CCC#N)C(=O)COC(=O)c1cc(-c2cccs2)nc2ccccc12. The summed E-state index contributed by atoms with van der Waals surface area (Å²) in [5.41, 5.74) is 1.65. The van der Waals surface area contributed by atoms with E-state index in [0.717, 1.165) is 4.88 Å². The van der Waals surface area contributed by atoms with Gasteiger partial charge in [0.25, 0.3) is 5.91 Å². The van der Waals surface area contributed by atoms with Crippen LogP contribution < -0.4 is 0 Å². The van der Waals surface area contributed by atoms with Gasteiger partial charge in [0.05, 0.1) is 46.6 Å². The lowest BCUT2D eigenvalue weighted by Gasteiger charge is -2.20. The lowest BCUT2D eigenvalue weighted by Crippen LogP contribution is -2.36. The van der Waals surface area contributed by atoms with Crippen LogP contribution >= 0.6 is 11.3 Å². The van der Waals surface area contributed by atoms with Gasteiger partial charge < -0.3 is 9.64 Å². The zero-order chi connectivity index (χ0) is 21.3. The van der Waals surface area contributed by atoms with Gasteiger partial charge in [0.2, 0.25) is 0 Å². The van der Waals surface area contributed by atoms with Gasteiger partial charge in [-0.3, -0.25) is 4.79 Å². The number of hydrogen-bond donors (Lipinski definition) is 0. The number of amides is 1. The summed E-state index contributed by atoms with van der Waals surface area (Å²) in [7, 11) is 0. The second-order valence-corrected chi connectivity index (χ2v) is 7.27. The zero-order valence-electron chi connectivity index (χ0n) is 16.1. The summed E-state index contributed by atoms with van der Waals surface area (Å²) in [6, 6.07) is 16.7. The topological polar surface area (TPSA) is 107 Å². The summed E-state index contributed by atoms with van der Waals surface area (Å²) in [5.74, 6) is -1.06. The number of ether oxygens (including phenoxy) is 1. The first-order valence-electron chi connectivity index (χ1n) is 9.26. The van der Waals surface area contributed by atoms with Crippen molar-refractivity contribution in [2.45, 2.75) is 12.8 Å². The molecular formula is C22H18N4O3S. The molecule has 0 aliphatic heterocycles. The molecule has 30 heavy (non-hydrogen) atoms. The Labute approximate surface area is 177 Å². The van der Waals surface area contributed by atoms with Gasteiger partial charge in [0.15, 0.2) is 6.61 Å². The average Bonchev–Trinajstić information content (AvgIpc) is 3.31. The molecule has 150 valence electrons. The predicted molar refractivity (Wildman–Crippen MR) is 112 cm³/mol. The Kier molecular flexibility index (Phi) is 7.09. The maximum absolute atomic E-state index is 12.8. The molecule has 0 N–H and O–H groups in total. The smallest absolute Gasteiger partial charge is 0.339 e.